The third-order valence-electron chi connectivity index (χ3n) is 7.22. The molecule has 10 atom stereocenters. The summed E-state index contributed by atoms with van der Waals surface area (Å²) in [5.41, 5.74) is 0.0554. The Morgan fingerprint density at radius 2 is 1.18 bits per heavy atom. The zero-order valence-electron chi connectivity index (χ0n) is 22.5. The molecule has 3 aromatic rings. The Hall–Kier alpha value is -3.26. The summed E-state index contributed by atoms with van der Waals surface area (Å²) in [6, 6.07) is 7.17. The van der Waals surface area contributed by atoms with Gasteiger partial charge in [0.1, 0.15) is 65.7 Å². The van der Waals surface area contributed by atoms with Crippen molar-refractivity contribution in [3.63, 3.8) is 0 Å². The molecule has 3 heterocycles. The third-order valence-corrected chi connectivity index (χ3v) is 7.22. The Morgan fingerprint density at radius 3 is 1.70 bits per heavy atom. The summed E-state index contributed by atoms with van der Waals surface area (Å²) in [4.78, 5) is 0. The zero-order chi connectivity index (χ0) is 31.2. The van der Waals surface area contributed by atoms with Gasteiger partial charge in [-0.25, -0.2) is 4.42 Å². The largest absolute Gasteiger partial charge is 1.00 e. The maximum atomic E-state index is 10.6. The minimum Gasteiger partial charge on any atom is -1.00 e. The van der Waals surface area contributed by atoms with Crippen molar-refractivity contribution in [1.82, 2.24) is 0 Å². The van der Waals surface area contributed by atoms with E-state index in [0.717, 1.165) is 18.2 Å². The van der Waals surface area contributed by atoms with Gasteiger partial charge in [0, 0.05) is 18.2 Å². The van der Waals surface area contributed by atoms with Gasteiger partial charge in [0.15, 0.2) is 11.5 Å². The van der Waals surface area contributed by atoms with Crippen LogP contribution in [0.4, 0.5) is 0 Å². The molecule has 17 heteroatoms. The van der Waals surface area contributed by atoms with Crippen molar-refractivity contribution in [3.8, 4) is 40.1 Å². The molecule has 0 unspecified atom stereocenters. The van der Waals surface area contributed by atoms with E-state index in [2.05, 4.69) is 0 Å². The highest BCUT2D eigenvalue weighted by molar-refractivity contribution is 5.89. The molecule has 0 amide bonds. The van der Waals surface area contributed by atoms with Crippen LogP contribution in [0, 0.1) is 0 Å². The van der Waals surface area contributed by atoms with Crippen LogP contribution in [-0.2, 0) is 9.47 Å². The molecule has 0 spiro atoms. The number of aromatic hydroxyl groups is 3. The number of aliphatic hydroxyl groups excluding tert-OH is 8. The monoisotopic (exact) mass is 646 g/mol. The first-order valence-corrected chi connectivity index (χ1v) is 13.0. The molecule has 0 aliphatic carbocycles. The zero-order valence-corrected chi connectivity index (χ0v) is 23.2. The first-order chi connectivity index (χ1) is 20.4. The van der Waals surface area contributed by atoms with Crippen molar-refractivity contribution in [2.45, 2.75) is 61.4 Å². The highest BCUT2D eigenvalue weighted by atomic mass is 35.5. The minimum atomic E-state index is -1.82. The number of aliphatic hydroxyl groups is 8. The standard InChI is InChI=1S/C27H30O16.ClH/c28-7-17-19(33)21(35)23(37)26(42-17)40-15-5-10(30)4-14-11(15)6-16(25(39-14)9-1-2-12(31)13(32)3-9)41-27-24(38)22(36)20(34)18(8-29)43-27;/h1-6,17-24,26-29,33-38H,7-8H2,(H2-,30,31,32);1H/t17-,18-,19-,20-,21+,22+,23-,24-,26-,27-;/m0./s1. The van der Waals surface area contributed by atoms with E-state index < -0.39 is 91.9 Å². The van der Waals surface area contributed by atoms with Crippen LogP contribution in [0.5, 0.6) is 28.7 Å². The predicted molar refractivity (Wildman–Crippen MR) is 140 cm³/mol. The van der Waals surface area contributed by atoms with Gasteiger partial charge in [-0.15, -0.1) is 0 Å². The van der Waals surface area contributed by atoms with E-state index in [1.54, 1.807) is 0 Å². The van der Waals surface area contributed by atoms with Gasteiger partial charge in [-0.3, -0.25) is 0 Å². The maximum absolute atomic E-state index is 10.6. The quantitative estimate of drug-likeness (QED) is 0.0846. The number of ether oxygens (including phenoxy) is 4. The number of fused-ring (bicyclic) bond motifs is 1. The third kappa shape index (κ3) is 6.28. The molecule has 1 aromatic heterocycles. The molecule has 11 N–H and O–H groups in total. The van der Waals surface area contributed by atoms with Gasteiger partial charge >= 0.3 is 11.3 Å². The number of phenols is 3. The summed E-state index contributed by atoms with van der Waals surface area (Å²) >= 11 is 0. The van der Waals surface area contributed by atoms with Crippen LogP contribution in [0.3, 0.4) is 0 Å². The van der Waals surface area contributed by atoms with Crippen molar-refractivity contribution in [3.05, 3.63) is 36.4 Å². The van der Waals surface area contributed by atoms with Crippen LogP contribution in [0.15, 0.2) is 40.8 Å². The van der Waals surface area contributed by atoms with Crippen molar-refractivity contribution in [2.24, 2.45) is 0 Å². The topological polar surface area (TPSA) is 271 Å². The van der Waals surface area contributed by atoms with Crippen molar-refractivity contribution < 1.29 is 91.9 Å². The smallest absolute Gasteiger partial charge is 0.402 e. The summed E-state index contributed by atoms with van der Waals surface area (Å²) in [7, 11) is 0. The molecule has 242 valence electrons. The fourth-order valence-corrected chi connectivity index (χ4v) is 4.80. The summed E-state index contributed by atoms with van der Waals surface area (Å²) in [5, 5.41) is 111. The lowest BCUT2D eigenvalue weighted by atomic mass is 9.99. The molecule has 2 saturated heterocycles. The summed E-state index contributed by atoms with van der Waals surface area (Å²) in [6.07, 6.45) is -16.4. The van der Waals surface area contributed by atoms with Crippen LogP contribution in [0.1, 0.15) is 0 Å². The number of benzene rings is 2. The van der Waals surface area contributed by atoms with E-state index in [0.29, 0.717) is 0 Å². The molecule has 2 aliphatic rings. The van der Waals surface area contributed by atoms with E-state index in [9.17, 15) is 56.2 Å². The Bertz CT molecular complexity index is 1450. The summed E-state index contributed by atoms with van der Waals surface area (Å²) < 4.78 is 28.4. The van der Waals surface area contributed by atoms with Crippen molar-refractivity contribution >= 4 is 11.0 Å². The molecular formula is C27H31ClO16. The molecule has 5 rings (SSSR count). The second-order valence-electron chi connectivity index (χ2n) is 10.1. The van der Waals surface area contributed by atoms with Gasteiger partial charge in [0.2, 0.25) is 18.3 Å². The molecule has 44 heavy (non-hydrogen) atoms. The molecule has 0 saturated carbocycles. The van der Waals surface area contributed by atoms with E-state index in [4.69, 9.17) is 23.4 Å². The lowest BCUT2D eigenvalue weighted by Gasteiger charge is -2.39. The molecular weight excluding hydrogens is 616 g/mol. The number of hydrogen-bond donors (Lipinski definition) is 11. The van der Waals surface area contributed by atoms with E-state index in [-0.39, 0.29) is 46.2 Å². The molecule has 2 aromatic carbocycles. The molecule has 2 fully saturated rings. The normalized spacial score (nSPS) is 32.2. The van der Waals surface area contributed by atoms with Crippen LogP contribution < -0.4 is 21.9 Å². The average molecular weight is 647 g/mol. The van der Waals surface area contributed by atoms with Gasteiger partial charge in [0.25, 0.3) is 0 Å². The van der Waals surface area contributed by atoms with Gasteiger partial charge < -0.3 is 87.5 Å². The van der Waals surface area contributed by atoms with E-state index >= 15 is 0 Å². The lowest BCUT2D eigenvalue weighted by Crippen LogP contribution is -3.00. The molecule has 2 aliphatic heterocycles. The second kappa shape index (κ2) is 13.4. The van der Waals surface area contributed by atoms with Gasteiger partial charge in [-0.1, -0.05) is 0 Å². The van der Waals surface area contributed by atoms with Crippen molar-refractivity contribution in [1.29, 1.82) is 0 Å². The highest BCUT2D eigenvalue weighted by Gasteiger charge is 2.47. The van der Waals surface area contributed by atoms with Crippen LogP contribution in [0.2, 0.25) is 0 Å². The van der Waals surface area contributed by atoms with Crippen LogP contribution >= 0.6 is 0 Å². The molecule has 0 bridgehead atoms. The Balaban J connectivity index is 0.00000442. The number of halogens is 1. The Kier molecular flexibility index (Phi) is 10.2. The number of hydrogen-bond acceptors (Lipinski definition) is 15. The first-order valence-electron chi connectivity index (χ1n) is 13.0. The van der Waals surface area contributed by atoms with E-state index in [1.807, 2.05) is 0 Å². The second-order valence-corrected chi connectivity index (χ2v) is 10.1. The Labute approximate surface area is 254 Å². The van der Waals surface area contributed by atoms with Crippen LogP contribution in [0.25, 0.3) is 22.3 Å². The summed E-state index contributed by atoms with van der Waals surface area (Å²) in [6.45, 7) is -1.46. The maximum Gasteiger partial charge on any atom is 0.402 e. The SMILES string of the molecule is OC[C@@H]1O[C@H](Oc2cc3c(O[C@H]4O[C@@H](CO)[C@H](O)[C@@H](O)[C@@H]4O)cc(O)cc3[o+]c2-c2ccc(O)c(O)c2)[C@@H](O)[C@H](O)[C@H]1O.[Cl-]. The number of rotatable bonds is 7. The first kappa shape index (κ1) is 33.6. The van der Waals surface area contributed by atoms with Crippen LogP contribution in [-0.4, -0.2) is 131 Å². The van der Waals surface area contributed by atoms with Gasteiger partial charge in [-0.05, 0) is 12.1 Å². The fourth-order valence-electron chi connectivity index (χ4n) is 4.80. The highest BCUT2D eigenvalue weighted by Crippen LogP contribution is 2.43. The predicted octanol–water partition coefficient (Wildman–Crippen LogP) is -5.14. The number of phenolic OH excluding ortho intramolecular Hbond substituents is 3. The lowest BCUT2D eigenvalue weighted by molar-refractivity contribution is -0.277. The molecule has 16 nitrogen and oxygen atoms in total. The van der Waals surface area contributed by atoms with Gasteiger partial charge in [-0.2, -0.15) is 0 Å². The van der Waals surface area contributed by atoms with E-state index in [1.165, 1.54) is 18.2 Å². The molecule has 0 radical (unpaired) electrons. The van der Waals surface area contributed by atoms with Gasteiger partial charge in [0.05, 0.1) is 24.8 Å². The summed E-state index contributed by atoms with van der Waals surface area (Å²) in [5.74, 6) is -1.96. The minimum absolute atomic E-state index is 0. The average Bonchev–Trinajstić information content (AvgIpc) is 2.98. The van der Waals surface area contributed by atoms with Crippen molar-refractivity contribution in [2.75, 3.05) is 13.2 Å². The Morgan fingerprint density at radius 1 is 0.636 bits per heavy atom. The fraction of sp³-hybridized carbons (Fsp3) is 0.444.